The van der Waals surface area contributed by atoms with Gasteiger partial charge in [0.05, 0.1) is 6.20 Å². The molecule has 1 rings (SSSR count). The van der Waals surface area contributed by atoms with E-state index in [1.165, 1.54) is 0 Å². The standard InChI is InChI=1S/C8H7BrN2O/c1-6(3-10)12-8-2-7(9)4-11-5-8/h2,4-6H,1H3. The third-order valence-corrected chi connectivity index (χ3v) is 1.61. The van der Waals surface area contributed by atoms with Crippen LogP contribution in [0.15, 0.2) is 22.9 Å². The molecule has 3 nitrogen and oxygen atoms in total. The van der Waals surface area contributed by atoms with E-state index < -0.39 is 6.10 Å². The second-order valence-corrected chi connectivity index (χ2v) is 3.14. The van der Waals surface area contributed by atoms with E-state index in [1.807, 2.05) is 6.07 Å². The number of halogens is 1. The predicted octanol–water partition coefficient (Wildman–Crippen LogP) is 2.13. The molecule has 1 aromatic heterocycles. The van der Waals surface area contributed by atoms with Crippen LogP contribution in [0.1, 0.15) is 6.92 Å². The van der Waals surface area contributed by atoms with Crippen molar-refractivity contribution in [2.24, 2.45) is 0 Å². The SMILES string of the molecule is CC(C#N)Oc1cncc(Br)c1. The summed E-state index contributed by atoms with van der Waals surface area (Å²) in [5, 5.41) is 8.46. The van der Waals surface area contributed by atoms with Gasteiger partial charge in [0, 0.05) is 10.7 Å². The van der Waals surface area contributed by atoms with Gasteiger partial charge in [-0.15, -0.1) is 0 Å². The molecule has 1 heterocycles. The van der Waals surface area contributed by atoms with E-state index in [1.54, 1.807) is 25.4 Å². The average Bonchev–Trinajstić information content (AvgIpc) is 2.04. The molecule has 0 aliphatic carbocycles. The van der Waals surface area contributed by atoms with Crippen LogP contribution in [-0.2, 0) is 0 Å². The lowest BCUT2D eigenvalue weighted by atomic mass is 10.4. The van der Waals surface area contributed by atoms with Gasteiger partial charge in [-0.3, -0.25) is 4.98 Å². The number of pyridine rings is 1. The van der Waals surface area contributed by atoms with Crippen molar-refractivity contribution in [1.29, 1.82) is 5.26 Å². The largest absolute Gasteiger partial charge is 0.474 e. The number of nitriles is 1. The van der Waals surface area contributed by atoms with Crippen LogP contribution < -0.4 is 4.74 Å². The van der Waals surface area contributed by atoms with Crippen LogP contribution in [-0.4, -0.2) is 11.1 Å². The highest BCUT2D eigenvalue weighted by Crippen LogP contribution is 2.16. The van der Waals surface area contributed by atoms with Crippen LogP contribution in [0, 0.1) is 11.3 Å². The average molecular weight is 227 g/mol. The quantitative estimate of drug-likeness (QED) is 0.777. The van der Waals surface area contributed by atoms with Gasteiger partial charge in [0.1, 0.15) is 11.8 Å². The maximum atomic E-state index is 8.46. The zero-order chi connectivity index (χ0) is 8.97. The number of hydrogen-bond acceptors (Lipinski definition) is 3. The number of rotatable bonds is 2. The molecule has 0 spiro atoms. The first-order valence-electron chi connectivity index (χ1n) is 3.39. The Labute approximate surface area is 79.1 Å². The molecule has 0 aromatic carbocycles. The summed E-state index contributed by atoms with van der Waals surface area (Å²) in [6, 6.07) is 3.73. The minimum absolute atomic E-state index is 0.443. The van der Waals surface area contributed by atoms with Crippen LogP contribution in [0.25, 0.3) is 0 Å². The molecule has 1 atom stereocenters. The molecule has 62 valence electrons. The van der Waals surface area contributed by atoms with Gasteiger partial charge in [-0.1, -0.05) is 0 Å². The summed E-state index contributed by atoms with van der Waals surface area (Å²) < 4.78 is 6.03. The van der Waals surface area contributed by atoms with E-state index in [0.29, 0.717) is 5.75 Å². The third kappa shape index (κ3) is 2.51. The highest BCUT2D eigenvalue weighted by molar-refractivity contribution is 9.10. The fourth-order valence-corrected chi connectivity index (χ4v) is 1.03. The van der Waals surface area contributed by atoms with Gasteiger partial charge in [0.25, 0.3) is 0 Å². The molecule has 0 amide bonds. The number of aromatic nitrogens is 1. The van der Waals surface area contributed by atoms with E-state index in [-0.39, 0.29) is 0 Å². The Balaban J connectivity index is 2.71. The van der Waals surface area contributed by atoms with Crippen molar-refractivity contribution in [3.05, 3.63) is 22.9 Å². The van der Waals surface area contributed by atoms with E-state index in [0.717, 1.165) is 4.47 Å². The van der Waals surface area contributed by atoms with Gasteiger partial charge in [0.15, 0.2) is 6.10 Å². The highest BCUT2D eigenvalue weighted by atomic mass is 79.9. The van der Waals surface area contributed by atoms with E-state index in [9.17, 15) is 0 Å². The summed E-state index contributed by atoms with van der Waals surface area (Å²) in [5.74, 6) is 0.596. The first-order valence-corrected chi connectivity index (χ1v) is 4.18. The van der Waals surface area contributed by atoms with Crippen LogP contribution in [0.3, 0.4) is 0 Å². The first-order chi connectivity index (χ1) is 5.72. The lowest BCUT2D eigenvalue weighted by molar-refractivity contribution is 0.275. The zero-order valence-electron chi connectivity index (χ0n) is 6.49. The van der Waals surface area contributed by atoms with Gasteiger partial charge >= 0.3 is 0 Å². The summed E-state index contributed by atoms with van der Waals surface area (Å²) in [4.78, 5) is 3.89. The summed E-state index contributed by atoms with van der Waals surface area (Å²) in [6.45, 7) is 1.68. The van der Waals surface area contributed by atoms with Crippen LogP contribution in [0.4, 0.5) is 0 Å². The lowest BCUT2D eigenvalue weighted by Gasteiger charge is -2.06. The molecular weight excluding hydrogens is 220 g/mol. The Morgan fingerprint density at radius 3 is 3.00 bits per heavy atom. The maximum Gasteiger partial charge on any atom is 0.181 e. The van der Waals surface area contributed by atoms with E-state index >= 15 is 0 Å². The van der Waals surface area contributed by atoms with Crippen LogP contribution >= 0.6 is 15.9 Å². The molecule has 12 heavy (non-hydrogen) atoms. The smallest absolute Gasteiger partial charge is 0.181 e. The molecule has 0 fully saturated rings. The topological polar surface area (TPSA) is 45.9 Å². The summed E-state index contributed by atoms with van der Waals surface area (Å²) in [6.07, 6.45) is 2.78. The fourth-order valence-electron chi connectivity index (χ4n) is 0.687. The zero-order valence-corrected chi connectivity index (χ0v) is 8.08. The normalized spacial score (nSPS) is 11.8. The molecule has 1 aromatic rings. The third-order valence-electron chi connectivity index (χ3n) is 1.17. The summed E-state index contributed by atoms with van der Waals surface area (Å²) in [5.41, 5.74) is 0. The number of ether oxygens (including phenoxy) is 1. The van der Waals surface area contributed by atoms with Crippen molar-refractivity contribution in [1.82, 2.24) is 4.98 Å². The molecule has 1 unspecified atom stereocenters. The van der Waals surface area contributed by atoms with Crippen LogP contribution in [0.5, 0.6) is 5.75 Å². The summed E-state index contributed by atoms with van der Waals surface area (Å²) >= 11 is 3.25. The van der Waals surface area contributed by atoms with Crippen molar-refractivity contribution in [3.63, 3.8) is 0 Å². The molecule has 0 aliphatic rings. The second kappa shape index (κ2) is 4.07. The molecule has 0 saturated carbocycles. The Morgan fingerprint density at radius 2 is 2.42 bits per heavy atom. The van der Waals surface area contributed by atoms with Gasteiger partial charge < -0.3 is 4.74 Å². The summed E-state index contributed by atoms with van der Waals surface area (Å²) in [7, 11) is 0. The van der Waals surface area contributed by atoms with Crippen molar-refractivity contribution < 1.29 is 4.74 Å². The van der Waals surface area contributed by atoms with Crippen LogP contribution in [0.2, 0.25) is 0 Å². The second-order valence-electron chi connectivity index (χ2n) is 2.23. The van der Waals surface area contributed by atoms with Gasteiger partial charge in [0.2, 0.25) is 0 Å². The lowest BCUT2D eigenvalue weighted by Crippen LogP contribution is -2.08. The van der Waals surface area contributed by atoms with Gasteiger partial charge in [-0.05, 0) is 28.9 Å². The van der Waals surface area contributed by atoms with Crippen molar-refractivity contribution in [2.75, 3.05) is 0 Å². The molecule has 0 aliphatic heterocycles. The maximum absolute atomic E-state index is 8.46. The Morgan fingerprint density at radius 1 is 1.67 bits per heavy atom. The molecular formula is C8H7BrN2O. The van der Waals surface area contributed by atoms with Crippen molar-refractivity contribution in [2.45, 2.75) is 13.0 Å². The molecule has 4 heteroatoms. The minimum atomic E-state index is -0.443. The monoisotopic (exact) mass is 226 g/mol. The van der Waals surface area contributed by atoms with Gasteiger partial charge in [-0.25, -0.2) is 0 Å². The van der Waals surface area contributed by atoms with Crippen molar-refractivity contribution in [3.8, 4) is 11.8 Å². The predicted molar refractivity (Wildman–Crippen MR) is 47.6 cm³/mol. The van der Waals surface area contributed by atoms with Gasteiger partial charge in [-0.2, -0.15) is 5.26 Å². The molecule has 0 N–H and O–H groups in total. The van der Waals surface area contributed by atoms with E-state index in [4.69, 9.17) is 10.00 Å². The highest BCUT2D eigenvalue weighted by Gasteiger charge is 2.01. The Hall–Kier alpha value is -1.08. The molecule has 0 radical (unpaired) electrons. The number of hydrogen-bond donors (Lipinski definition) is 0. The first kappa shape index (κ1) is 9.01. The fraction of sp³-hybridized carbons (Fsp3) is 0.250. The Kier molecular flexibility index (Phi) is 3.06. The van der Waals surface area contributed by atoms with Crippen molar-refractivity contribution >= 4 is 15.9 Å². The number of nitrogens with zero attached hydrogens (tertiary/aromatic N) is 2. The van der Waals surface area contributed by atoms with E-state index in [2.05, 4.69) is 20.9 Å². The molecule has 0 saturated heterocycles. The Bertz CT molecular complexity index is 308. The minimum Gasteiger partial charge on any atom is -0.474 e. The molecule has 0 bridgehead atoms.